The first-order valence-corrected chi connectivity index (χ1v) is 12.2. The van der Waals surface area contributed by atoms with Crippen LogP contribution in [0.2, 0.25) is 0 Å². The second-order valence-corrected chi connectivity index (χ2v) is 9.50. The van der Waals surface area contributed by atoms with Crippen LogP contribution >= 0.6 is 0 Å². The summed E-state index contributed by atoms with van der Waals surface area (Å²) >= 11 is 0. The summed E-state index contributed by atoms with van der Waals surface area (Å²) in [6.45, 7) is 0.746. The van der Waals surface area contributed by atoms with Crippen molar-refractivity contribution in [2.45, 2.75) is 30.2 Å². The first-order valence-electron chi connectivity index (χ1n) is 10.7. The Bertz CT molecular complexity index is 1310. The third-order valence-electron chi connectivity index (χ3n) is 5.77. The lowest BCUT2D eigenvalue weighted by atomic mass is 9.99. The van der Waals surface area contributed by atoms with Gasteiger partial charge in [-0.25, -0.2) is 13.6 Å². The molecule has 1 saturated heterocycles. The van der Waals surface area contributed by atoms with E-state index in [2.05, 4.69) is 16.3 Å². The Labute approximate surface area is 193 Å². The number of nitriles is 1. The Morgan fingerprint density at radius 3 is 2.52 bits per heavy atom. The predicted octanol–water partition coefficient (Wildman–Crippen LogP) is 3.87. The van der Waals surface area contributed by atoms with Gasteiger partial charge in [0.15, 0.2) is 0 Å². The molecule has 1 aliphatic rings. The number of hydrogen-bond acceptors (Lipinski definition) is 5. The minimum Gasteiger partial charge on any atom is -0.359 e. The van der Waals surface area contributed by atoms with Crippen molar-refractivity contribution in [3.05, 3.63) is 78.4 Å². The summed E-state index contributed by atoms with van der Waals surface area (Å²) in [5.74, 6) is -0.116. The number of carbonyl (C=O) groups excluding carboxylic acids is 1. The lowest BCUT2D eigenvalue weighted by Crippen LogP contribution is -2.47. The molecular formula is C25H24N4O3S. The smallest absolute Gasteiger partial charge is 0.247 e. The summed E-state index contributed by atoms with van der Waals surface area (Å²) in [7, 11) is -3.86. The van der Waals surface area contributed by atoms with Crippen LogP contribution in [0.5, 0.6) is 0 Å². The number of nitrogens with one attached hydrogen (secondary N) is 1. The quantitative estimate of drug-likeness (QED) is 0.600. The highest BCUT2D eigenvalue weighted by Gasteiger charge is 2.29. The molecule has 3 N–H and O–H groups in total. The first-order chi connectivity index (χ1) is 15.9. The van der Waals surface area contributed by atoms with Crippen LogP contribution in [0, 0.1) is 11.3 Å². The van der Waals surface area contributed by atoms with Gasteiger partial charge in [0.1, 0.15) is 6.04 Å². The average Bonchev–Trinajstić information content (AvgIpc) is 2.84. The topological polar surface area (TPSA) is 116 Å². The second-order valence-electron chi connectivity index (χ2n) is 7.97. The van der Waals surface area contributed by atoms with E-state index in [1.165, 1.54) is 6.07 Å². The van der Waals surface area contributed by atoms with Crippen LogP contribution < -0.4 is 15.4 Å². The van der Waals surface area contributed by atoms with Gasteiger partial charge < -0.3 is 10.2 Å². The minimum absolute atomic E-state index is 0.0548. The van der Waals surface area contributed by atoms with Crippen molar-refractivity contribution in [3.8, 4) is 17.2 Å². The van der Waals surface area contributed by atoms with E-state index in [1.54, 1.807) is 48.5 Å². The van der Waals surface area contributed by atoms with Crippen LogP contribution in [0.1, 0.15) is 24.8 Å². The van der Waals surface area contributed by atoms with Crippen LogP contribution in [-0.2, 0) is 14.8 Å². The van der Waals surface area contributed by atoms with Crippen molar-refractivity contribution in [2.75, 3.05) is 16.8 Å². The van der Waals surface area contributed by atoms with E-state index in [9.17, 15) is 18.5 Å². The van der Waals surface area contributed by atoms with Gasteiger partial charge in [0, 0.05) is 23.5 Å². The highest BCUT2D eigenvalue weighted by molar-refractivity contribution is 7.89. The predicted molar refractivity (Wildman–Crippen MR) is 128 cm³/mol. The van der Waals surface area contributed by atoms with Gasteiger partial charge in [-0.3, -0.25) is 4.79 Å². The second kappa shape index (κ2) is 9.45. The average molecular weight is 461 g/mol. The van der Waals surface area contributed by atoms with Gasteiger partial charge in [-0.05, 0) is 61.2 Å². The Hall–Kier alpha value is -3.67. The number of carbonyl (C=O) groups is 1. The maximum Gasteiger partial charge on any atom is 0.247 e. The Kier molecular flexibility index (Phi) is 6.45. The number of piperidine rings is 1. The molecule has 3 aromatic carbocycles. The van der Waals surface area contributed by atoms with Gasteiger partial charge in [0.25, 0.3) is 0 Å². The highest BCUT2D eigenvalue weighted by atomic mass is 32.2. The highest BCUT2D eigenvalue weighted by Crippen LogP contribution is 2.29. The number of rotatable bonds is 5. The zero-order valence-electron chi connectivity index (χ0n) is 17.9. The number of nitrogens with two attached hydrogens (primary N) is 1. The lowest BCUT2D eigenvalue weighted by Gasteiger charge is -2.36. The van der Waals surface area contributed by atoms with Crippen molar-refractivity contribution in [3.63, 3.8) is 0 Å². The van der Waals surface area contributed by atoms with Crippen molar-refractivity contribution < 1.29 is 13.2 Å². The molecule has 168 valence electrons. The molecule has 0 spiro atoms. The summed E-state index contributed by atoms with van der Waals surface area (Å²) in [5, 5.41) is 17.5. The number of hydrogen-bond donors (Lipinski definition) is 2. The molecule has 1 aliphatic heterocycles. The first kappa shape index (κ1) is 22.5. The molecular weight excluding hydrogens is 436 g/mol. The number of sulfonamides is 1. The number of primary sulfonamides is 1. The molecule has 7 nitrogen and oxygen atoms in total. The molecule has 1 atom stereocenters. The minimum atomic E-state index is -3.86. The van der Waals surface area contributed by atoms with Gasteiger partial charge in [-0.15, -0.1) is 0 Å². The molecule has 1 fully saturated rings. The number of benzene rings is 3. The van der Waals surface area contributed by atoms with Crippen LogP contribution in [0.15, 0.2) is 77.7 Å². The zero-order chi connectivity index (χ0) is 23.4. The van der Waals surface area contributed by atoms with E-state index in [1.807, 2.05) is 18.2 Å². The van der Waals surface area contributed by atoms with Crippen molar-refractivity contribution in [1.82, 2.24) is 0 Å². The van der Waals surface area contributed by atoms with Gasteiger partial charge in [0.05, 0.1) is 16.5 Å². The normalized spacial score (nSPS) is 16.1. The Morgan fingerprint density at radius 1 is 1.03 bits per heavy atom. The molecule has 3 aromatic rings. The molecule has 0 radical (unpaired) electrons. The third kappa shape index (κ3) is 5.06. The van der Waals surface area contributed by atoms with Crippen molar-refractivity contribution in [2.24, 2.45) is 5.14 Å². The van der Waals surface area contributed by atoms with Gasteiger partial charge in [-0.1, -0.05) is 36.4 Å². The molecule has 0 bridgehead atoms. The Morgan fingerprint density at radius 2 is 1.79 bits per heavy atom. The van der Waals surface area contributed by atoms with E-state index < -0.39 is 10.0 Å². The molecule has 0 saturated carbocycles. The molecule has 4 rings (SSSR count). The summed E-state index contributed by atoms with van der Waals surface area (Å²) in [5.41, 5.74) is 3.24. The molecule has 1 amide bonds. The maximum absolute atomic E-state index is 13.1. The lowest BCUT2D eigenvalue weighted by molar-refractivity contribution is -0.117. The molecule has 1 heterocycles. The fraction of sp³-hybridized carbons (Fsp3) is 0.200. The molecule has 0 aromatic heterocycles. The van der Waals surface area contributed by atoms with Crippen LogP contribution in [0.4, 0.5) is 11.4 Å². The molecule has 33 heavy (non-hydrogen) atoms. The van der Waals surface area contributed by atoms with Crippen molar-refractivity contribution >= 4 is 27.3 Å². The van der Waals surface area contributed by atoms with E-state index in [0.29, 0.717) is 22.4 Å². The summed E-state index contributed by atoms with van der Waals surface area (Å²) < 4.78 is 23.8. The van der Waals surface area contributed by atoms with E-state index in [4.69, 9.17) is 5.14 Å². The number of anilines is 2. The molecule has 8 heteroatoms. The Balaban J connectivity index is 1.53. The third-order valence-corrected chi connectivity index (χ3v) is 6.74. The van der Waals surface area contributed by atoms with Gasteiger partial charge >= 0.3 is 0 Å². The van der Waals surface area contributed by atoms with E-state index >= 15 is 0 Å². The van der Waals surface area contributed by atoms with E-state index in [0.717, 1.165) is 31.5 Å². The van der Waals surface area contributed by atoms with E-state index in [-0.39, 0.29) is 16.8 Å². The number of amides is 1. The fourth-order valence-electron chi connectivity index (χ4n) is 4.18. The summed E-state index contributed by atoms with van der Waals surface area (Å²) in [6, 6.07) is 22.7. The fourth-order valence-corrected chi connectivity index (χ4v) is 4.94. The molecule has 0 aliphatic carbocycles. The van der Waals surface area contributed by atoms with Crippen LogP contribution in [-0.4, -0.2) is 26.9 Å². The zero-order valence-corrected chi connectivity index (χ0v) is 18.8. The largest absolute Gasteiger partial charge is 0.359 e. The molecule has 1 unspecified atom stereocenters. The maximum atomic E-state index is 13.1. The van der Waals surface area contributed by atoms with Gasteiger partial charge in [-0.2, -0.15) is 5.26 Å². The SMILES string of the molecule is N#Cc1cccc(N2CCCCC2C(=O)Nc2ccc(-c3ccccc3S(N)(=O)=O)cc2)c1. The van der Waals surface area contributed by atoms with Crippen LogP contribution in [0.3, 0.4) is 0 Å². The summed E-state index contributed by atoms with van der Waals surface area (Å²) in [6.07, 6.45) is 2.66. The summed E-state index contributed by atoms with van der Waals surface area (Å²) in [4.78, 5) is 15.2. The van der Waals surface area contributed by atoms with Gasteiger partial charge in [0.2, 0.25) is 15.9 Å². The standard InChI is InChI=1S/C25H24N4O3S/c26-17-18-6-5-7-21(16-18)29-15-4-3-9-23(29)25(30)28-20-13-11-19(12-14-20)22-8-1-2-10-24(22)33(27,31)32/h1-2,5-8,10-14,16,23H,3-4,9,15H2,(H,28,30)(H2,27,31,32). The monoisotopic (exact) mass is 460 g/mol. The van der Waals surface area contributed by atoms with Crippen LogP contribution in [0.25, 0.3) is 11.1 Å². The van der Waals surface area contributed by atoms with Crippen molar-refractivity contribution in [1.29, 1.82) is 5.26 Å². The number of nitrogens with zero attached hydrogens (tertiary/aromatic N) is 2.